The summed E-state index contributed by atoms with van der Waals surface area (Å²) in [5, 5.41) is 0. The van der Waals surface area contributed by atoms with Gasteiger partial charge in [-0.1, -0.05) is 13.8 Å². The summed E-state index contributed by atoms with van der Waals surface area (Å²) in [5.74, 6) is 1.14. The second kappa shape index (κ2) is 5.35. The molecule has 1 fully saturated rings. The fraction of sp³-hybridized carbons (Fsp3) is 0.909. The van der Waals surface area contributed by atoms with Crippen LogP contribution in [0.4, 0.5) is 0 Å². The van der Waals surface area contributed by atoms with Crippen molar-refractivity contribution < 1.29 is 14.3 Å². The molecular weight excluding hydrogens is 180 g/mol. The van der Waals surface area contributed by atoms with Gasteiger partial charge >= 0.3 is 5.97 Å². The number of carbonyl (C=O) groups excluding carboxylic acids is 1. The summed E-state index contributed by atoms with van der Waals surface area (Å²) in [6.45, 7) is 4.58. The molecule has 0 amide bonds. The number of carbonyl (C=O) groups is 1. The predicted octanol–water partition coefficient (Wildman–Crippen LogP) is 2.00. The van der Waals surface area contributed by atoms with Gasteiger partial charge in [-0.3, -0.25) is 0 Å². The Morgan fingerprint density at radius 2 is 1.79 bits per heavy atom. The van der Waals surface area contributed by atoms with Gasteiger partial charge in [-0.15, -0.1) is 0 Å². The summed E-state index contributed by atoms with van der Waals surface area (Å²) in [5.41, 5.74) is 0. The fourth-order valence-electron chi connectivity index (χ4n) is 2.25. The molecule has 2 atom stereocenters. The van der Waals surface area contributed by atoms with Crippen LogP contribution >= 0.6 is 0 Å². The van der Waals surface area contributed by atoms with E-state index in [0.29, 0.717) is 11.8 Å². The van der Waals surface area contributed by atoms with Gasteiger partial charge in [0.05, 0.1) is 13.2 Å². The average molecular weight is 200 g/mol. The van der Waals surface area contributed by atoms with Crippen molar-refractivity contribution in [1.82, 2.24) is 0 Å². The maximum absolute atomic E-state index is 10.9. The van der Waals surface area contributed by atoms with E-state index in [1.807, 2.05) is 0 Å². The van der Waals surface area contributed by atoms with Gasteiger partial charge in [-0.05, 0) is 31.1 Å². The number of rotatable bonds is 3. The SMILES string of the molecule is COC(=O)COC1CC(C)CC(C)C1. The van der Waals surface area contributed by atoms with Crippen molar-refractivity contribution in [2.24, 2.45) is 11.8 Å². The summed E-state index contributed by atoms with van der Waals surface area (Å²) in [6.07, 6.45) is 3.66. The van der Waals surface area contributed by atoms with Gasteiger partial charge in [-0.2, -0.15) is 0 Å². The molecule has 14 heavy (non-hydrogen) atoms. The Bertz CT molecular complexity index is 181. The Kier molecular flexibility index (Phi) is 4.39. The van der Waals surface area contributed by atoms with Gasteiger partial charge in [0.15, 0.2) is 0 Å². The molecule has 82 valence electrons. The highest BCUT2D eigenvalue weighted by Crippen LogP contribution is 2.30. The first-order valence-corrected chi connectivity index (χ1v) is 5.30. The van der Waals surface area contributed by atoms with Gasteiger partial charge in [-0.25, -0.2) is 4.79 Å². The largest absolute Gasteiger partial charge is 0.467 e. The Hall–Kier alpha value is -0.570. The van der Waals surface area contributed by atoms with E-state index in [1.165, 1.54) is 13.5 Å². The number of hydrogen-bond donors (Lipinski definition) is 0. The van der Waals surface area contributed by atoms with Gasteiger partial charge in [0.2, 0.25) is 0 Å². The monoisotopic (exact) mass is 200 g/mol. The van der Waals surface area contributed by atoms with Crippen molar-refractivity contribution in [3.05, 3.63) is 0 Å². The van der Waals surface area contributed by atoms with Crippen LogP contribution in [0.2, 0.25) is 0 Å². The molecule has 0 spiro atoms. The molecule has 1 saturated carbocycles. The van der Waals surface area contributed by atoms with Crippen LogP contribution in [0.5, 0.6) is 0 Å². The van der Waals surface area contributed by atoms with E-state index in [9.17, 15) is 4.79 Å². The molecule has 0 bridgehead atoms. The van der Waals surface area contributed by atoms with Crippen molar-refractivity contribution in [2.45, 2.75) is 39.2 Å². The highest BCUT2D eigenvalue weighted by atomic mass is 16.6. The van der Waals surface area contributed by atoms with Gasteiger partial charge in [0.1, 0.15) is 6.61 Å². The Labute approximate surface area is 85.8 Å². The van der Waals surface area contributed by atoms with E-state index in [4.69, 9.17) is 4.74 Å². The third-order valence-electron chi connectivity index (χ3n) is 2.80. The zero-order valence-corrected chi connectivity index (χ0v) is 9.29. The topological polar surface area (TPSA) is 35.5 Å². The van der Waals surface area contributed by atoms with E-state index in [-0.39, 0.29) is 18.7 Å². The lowest BCUT2D eigenvalue weighted by molar-refractivity contribution is -0.149. The van der Waals surface area contributed by atoms with Crippen LogP contribution in [0.25, 0.3) is 0 Å². The molecule has 2 unspecified atom stereocenters. The third-order valence-corrected chi connectivity index (χ3v) is 2.80. The molecule has 1 rings (SSSR count). The quantitative estimate of drug-likeness (QED) is 0.654. The Morgan fingerprint density at radius 1 is 1.21 bits per heavy atom. The first-order valence-electron chi connectivity index (χ1n) is 5.30. The standard InChI is InChI=1S/C11H20O3/c1-8-4-9(2)6-10(5-8)14-7-11(12)13-3/h8-10H,4-7H2,1-3H3. The highest BCUT2D eigenvalue weighted by Gasteiger charge is 2.24. The Balaban J connectivity index is 2.26. The molecule has 0 aromatic rings. The van der Waals surface area contributed by atoms with Gasteiger partial charge in [0, 0.05) is 0 Å². The number of esters is 1. The lowest BCUT2D eigenvalue weighted by atomic mass is 9.82. The first kappa shape index (κ1) is 11.5. The molecule has 0 aromatic carbocycles. The maximum Gasteiger partial charge on any atom is 0.331 e. The molecule has 0 N–H and O–H groups in total. The maximum atomic E-state index is 10.9. The summed E-state index contributed by atoms with van der Waals surface area (Å²) >= 11 is 0. The van der Waals surface area contributed by atoms with Crippen LogP contribution in [0, 0.1) is 11.8 Å². The lowest BCUT2D eigenvalue weighted by Gasteiger charge is -2.30. The zero-order valence-electron chi connectivity index (χ0n) is 9.29. The predicted molar refractivity (Wildman–Crippen MR) is 53.9 cm³/mol. The smallest absolute Gasteiger partial charge is 0.331 e. The second-order valence-electron chi connectivity index (χ2n) is 4.43. The summed E-state index contributed by atoms with van der Waals surface area (Å²) in [4.78, 5) is 10.9. The van der Waals surface area contributed by atoms with E-state index in [2.05, 4.69) is 18.6 Å². The number of hydrogen-bond acceptors (Lipinski definition) is 3. The van der Waals surface area contributed by atoms with E-state index >= 15 is 0 Å². The minimum Gasteiger partial charge on any atom is -0.467 e. The first-order chi connectivity index (χ1) is 6.61. The van der Waals surface area contributed by atoms with Crippen molar-refractivity contribution in [3.63, 3.8) is 0 Å². The van der Waals surface area contributed by atoms with Crippen LogP contribution in [0.1, 0.15) is 33.1 Å². The molecule has 1 aliphatic rings. The summed E-state index contributed by atoms with van der Waals surface area (Å²) in [6, 6.07) is 0. The summed E-state index contributed by atoms with van der Waals surface area (Å²) in [7, 11) is 1.39. The van der Waals surface area contributed by atoms with Crippen LogP contribution in [0.15, 0.2) is 0 Å². The Morgan fingerprint density at radius 3 is 2.29 bits per heavy atom. The van der Waals surface area contributed by atoms with Crippen LogP contribution in [-0.4, -0.2) is 25.8 Å². The third kappa shape index (κ3) is 3.66. The fourth-order valence-corrected chi connectivity index (χ4v) is 2.25. The molecule has 0 radical (unpaired) electrons. The molecule has 0 aromatic heterocycles. The van der Waals surface area contributed by atoms with Crippen molar-refractivity contribution >= 4 is 5.97 Å². The van der Waals surface area contributed by atoms with E-state index in [0.717, 1.165) is 12.8 Å². The van der Waals surface area contributed by atoms with E-state index in [1.54, 1.807) is 0 Å². The second-order valence-corrected chi connectivity index (χ2v) is 4.43. The minimum absolute atomic E-state index is 0.0978. The van der Waals surface area contributed by atoms with Crippen molar-refractivity contribution in [3.8, 4) is 0 Å². The lowest BCUT2D eigenvalue weighted by Crippen LogP contribution is -2.28. The molecular formula is C11H20O3. The highest BCUT2D eigenvalue weighted by molar-refractivity contribution is 5.70. The van der Waals surface area contributed by atoms with Crippen molar-refractivity contribution in [2.75, 3.05) is 13.7 Å². The molecule has 0 heterocycles. The van der Waals surface area contributed by atoms with E-state index < -0.39 is 0 Å². The molecule has 3 heteroatoms. The average Bonchev–Trinajstić information content (AvgIpc) is 2.12. The number of methoxy groups -OCH3 is 1. The van der Waals surface area contributed by atoms with Crippen LogP contribution < -0.4 is 0 Å². The van der Waals surface area contributed by atoms with Crippen LogP contribution in [0.3, 0.4) is 0 Å². The molecule has 0 saturated heterocycles. The zero-order chi connectivity index (χ0) is 10.6. The molecule has 0 aliphatic heterocycles. The summed E-state index contributed by atoms with van der Waals surface area (Å²) < 4.78 is 10.0. The molecule has 3 nitrogen and oxygen atoms in total. The number of ether oxygens (including phenoxy) is 2. The van der Waals surface area contributed by atoms with Crippen molar-refractivity contribution in [1.29, 1.82) is 0 Å². The van der Waals surface area contributed by atoms with Crippen LogP contribution in [-0.2, 0) is 14.3 Å². The van der Waals surface area contributed by atoms with Gasteiger partial charge in [0.25, 0.3) is 0 Å². The minimum atomic E-state index is -0.282. The molecule has 1 aliphatic carbocycles. The van der Waals surface area contributed by atoms with Gasteiger partial charge < -0.3 is 9.47 Å². The normalized spacial score (nSPS) is 32.6.